The number of ether oxygens (including phenoxy) is 2. The van der Waals surface area contributed by atoms with Crippen molar-refractivity contribution in [3.05, 3.63) is 106 Å². The van der Waals surface area contributed by atoms with E-state index in [1.807, 2.05) is 13.8 Å². The summed E-state index contributed by atoms with van der Waals surface area (Å²) in [4.78, 5) is 56.1. The van der Waals surface area contributed by atoms with Crippen LogP contribution in [0.4, 0.5) is 8.78 Å². The number of halogens is 2. The maximum atomic E-state index is 14.6. The summed E-state index contributed by atoms with van der Waals surface area (Å²) in [6.07, 6.45) is -5.61. The molecule has 0 radical (unpaired) electrons. The third-order valence-electron chi connectivity index (χ3n) is 10.0. The number of phenols is 2. The van der Waals surface area contributed by atoms with Gasteiger partial charge >= 0.3 is 11.6 Å². The van der Waals surface area contributed by atoms with E-state index in [-0.39, 0.29) is 51.8 Å². The summed E-state index contributed by atoms with van der Waals surface area (Å²) in [5, 5.41) is 54.0. The molecular weight excluding hydrogens is 800 g/mol. The molecule has 1 aliphatic heterocycles. The number of nitrogens with zero attached hydrogens (tertiary/aromatic N) is 5. The number of rotatable bonds is 15. The Morgan fingerprint density at radius 1 is 0.934 bits per heavy atom. The molecule has 1 unspecified atom stereocenters. The Morgan fingerprint density at radius 3 is 2.16 bits per heavy atom. The number of carbonyl (C=O) groups excluding carboxylic acids is 3. The van der Waals surface area contributed by atoms with Crippen molar-refractivity contribution in [2.24, 2.45) is 5.92 Å². The van der Waals surface area contributed by atoms with Gasteiger partial charge in [0.25, 0.3) is 11.8 Å². The van der Waals surface area contributed by atoms with Crippen LogP contribution >= 0.6 is 0 Å². The van der Waals surface area contributed by atoms with Gasteiger partial charge < -0.3 is 40.5 Å². The van der Waals surface area contributed by atoms with E-state index < -0.39 is 66.7 Å². The largest absolute Gasteiger partial charge is 0.508 e. The maximum absolute atomic E-state index is 14.6. The third-order valence-corrected chi connectivity index (χ3v) is 10.0. The number of aliphatic hydroxyl groups excluding tert-OH is 2. The summed E-state index contributed by atoms with van der Waals surface area (Å²) in [6, 6.07) is 15.7. The van der Waals surface area contributed by atoms with E-state index >= 15 is 0 Å². The van der Waals surface area contributed by atoms with Crippen molar-refractivity contribution in [2.75, 3.05) is 13.2 Å². The van der Waals surface area contributed by atoms with Crippen molar-refractivity contribution in [3.63, 3.8) is 0 Å². The second-order valence-corrected chi connectivity index (χ2v) is 15.0. The first kappa shape index (κ1) is 44.0. The smallest absolute Gasteiger partial charge is 0.350 e. The van der Waals surface area contributed by atoms with Gasteiger partial charge in [0.15, 0.2) is 17.7 Å². The predicted molar refractivity (Wildman–Crippen MR) is 214 cm³/mol. The first-order valence-corrected chi connectivity index (χ1v) is 19.4. The Morgan fingerprint density at radius 2 is 1.59 bits per heavy atom. The molecule has 17 nitrogen and oxygen atoms in total. The maximum Gasteiger partial charge on any atom is 0.350 e. The quantitative estimate of drug-likeness (QED) is 0.0874. The molecule has 6 N–H and O–H groups in total. The molecule has 1 aliphatic rings. The number of nitrogens with one attached hydrogen (secondary N) is 2. The van der Waals surface area contributed by atoms with E-state index in [1.165, 1.54) is 28.8 Å². The van der Waals surface area contributed by atoms with Gasteiger partial charge in [0.2, 0.25) is 12.1 Å². The van der Waals surface area contributed by atoms with Gasteiger partial charge in [-0.2, -0.15) is 13.8 Å². The van der Waals surface area contributed by atoms with E-state index in [1.54, 1.807) is 63.2 Å². The van der Waals surface area contributed by atoms with Gasteiger partial charge in [0.1, 0.15) is 29.1 Å². The van der Waals surface area contributed by atoms with Crippen molar-refractivity contribution in [1.82, 2.24) is 34.9 Å². The van der Waals surface area contributed by atoms with Crippen LogP contribution < -0.4 is 21.1 Å². The minimum atomic E-state index is -3.90. The van der Waals surface area contributed by atoms with Gasteiger partial charge in [-0.25, -0.2) is 4.79 Å². The fraction of sp³-hybridized carbons (Fsp3) is 0.357. The topological polar surface area (TPSA) is 240 Å². The van der Waals surface area contributed by atoms with Crippen LogP contribution in [0.1, 0.15) is 79.0 Å². The zero-order valence-corrected chi connectivity index (χ0v) is 33.7. The van der Waals surface area contributed by atoms with Crippen LogP contribution in [0.2, 0.25) is 0 Å². The molecule has 5 aromatic rings. The van der Waals surface area contributed by atoms with E-state index in [0.717, 1.165) is 6.20 Å². The average Bonchev–Trinajstić information content (AvgIpc) is 3.75. The summed E-state index contributed by atoms with van der Waals surface area (Å²) < 4.78 is 42.2. The highest BCUT2D eigenvalue weighted by Crippen LogP contribution is 2.42. The highest BCUT2D eigenvalue weighted by Gasteiger charge is 2.59. The Hall–Kier alpha value is -6.57. The van der Waals surface area contributed by atoms with Crippen LogP contribution in [0.25, 0.3) is 17.1 Å². The second-order valence-electron chi connectivity index (χ2n) is 15.0. The van der Waals surface area contributed by atoms with Crippen molar-refractivity contribution in [1.29, 1.82) is 0 Å². The number of amides is 2. The summed E-state index contributed by atoms with van der Waals surface area (Å²) in [6.45, 7) is 8.39. The zero-order valence-electron chi connectivity index (χ0n) is 33.7. The molecule has 322 valence electrons. The molecule has 0 bridgehead atoms. The number of benzene rings is 3. The Kier molecular flexibility index (Phi) is 13.0. The minimum absolute atomic E-state index is 0.0365. The highest BCUT2D eigenvalue weighted by molar-refractivity contribution is 5.98. The molecule has 3 aromatic carbocycles. The number of hydrogen-bond donors (Lipinski definition) is 6. The number of phenolic OH excluding ortho intramolecular Hbond substituents is 2. The third kappa shape index (κ3) is 9.13. The molecule has 0 spiro atoms. The van der Waals surface area contributed by atoms with Crippen LogP contribution in [0.5, 0.6) is 23.0 Å². The lowest BCUT2D eigenvalue weighted by atomic mass is 9.96. The SMILES string of the molecule is CCNC(=O)c1nnc(-c2cc(C(C)C)c(O)cc2O)n1-c1ccc(Oc2ccc(C(=O)N[C@H](C(=O)Cc3ccn([C@@H]4OC(CO)[C@@H](O)C4(F)F)c(=O)n3)C(C)C)cc2)cc1. The van der Waals surface area contributed by atoms with Crippen LogP contribution in [-0.2, 0) is 16.0 Å². The Balaban J connectivity index is 1.13. The van der Waals surface area contributed by atoms with Gasteiger partial charge in [-0.3, -0.25) is 23.5 Å². The van der Waals surface area contributed by atoms with Gasteiger partial charge in [-0.1, -0.05) is 27.7 Å². The number of aromatic nitrogens is 5. The van der Waals surface area contributed by atoms with Gasteiger partial charge in [0, 0.05) is 30.1 Å². The molecule has 1 saturated heterocycles. The lowest BCUT2D eigenvalue weighted by Crippen LogP contribution is -2.45. The molecule has 1 fully saturated rings. The number of aliphatic hydroxyl groups is 2. The van der Waals surface area contributed by atoms with E-state index in [2.05, 4.69) is 25.8 Å². The molecule has 3 heterocycles. The standard InChI is InChI=1S/C42H45F2N7O10/c1-6-45-39(58)37-49-48-36(29-18-28(21(2)3)30(53)19-31(29)54)51(37)25-9-13-27(14-10-25)60-26-11-7-23(8-12-26)38(57)47-34(22(4)5)32(55)17-24-15-16-50(41(59)46-24)40-42(43,44)35(56)33(20-52)61-40/h7-16,18-19,21-22,33-35,40,52-54,56H,6,17,20H2,1-5H3,(H,45,58)(H,47,57)/t33?,34-,35+,40+/m0/s1. The van der Waals surface area contributed by atoms with Crippen LogP contribution in [0.15, 0.2) is 77.7 Å². The zero-order chi connectivity index (χ0) is 44.3. The van der Waals surface area contributed by atoms with Gasteiger partial charge in [-0.15, -0.1) is 10.2 Å². The van der Waals surface area contributed by atoms with Gasteiger partial charge in [0.05, 0.1) is 30.3 Å². The van der Waals surface area contributed by atoms with Gasteiger partial charge in [-0.05, 0) is 85.0 Å². The van der Waals surface area contributed by atoms with Crippen molar-refractivity contribution >= 4 is 17.6 Å². The van der Waals surface area contributed by atoms with Crippen LogP contribution in [0, 0.1) is 5.92 Å². The number of Topliss-reactive ketones (excluding diaryl/α,β-unsaturated/α-hetero) is 1. The first-order chi connectivity index (χ1) is 28.9. The fourth-order valence-electron chi connectivity index (χ4n) is 6.77. The molecule has 2 amide bonds. The van der Waals surface area contributed by atoms with E-state index in [9.17, 15) is 48.4 Å². The average molecular weight is 846 g/mol. The summed E-state index contributed by atoms with van der Waals surface area (Å²) in [5.41, 5.74) is 0.294. The minimum Gasteiger partial charge on any atom is -0.508 e. The monoisotopic (exact) mass is 845 g/mol. The van der Waals surface area contributed by atoms with E-state index in [4.69, 9.17) is 9.47 Å². The Labute approximate surface area is 347 Å². The fourth-order valence-corrected chi connectivity index (χ4v) is 6.77. The van der Waals surface area contributed by atoms with Crippen molar-refractivity contribution < 1.29 is 53.1 Å². The lowest BCUT2D eigenvalue weighted by molar-refractivity contribution is -0.141. The summed E-state index contributed by atoms with van der Waals surface area (Å²) in [7, 11) is 0. The number of alkyl halides is 2. The number of carbonyl (C=O) groups is 3. The van der Waals surface area contributed by atoms with Crippen molar-refractivity contribution in [2.45, 2.75) is 77.4 Å². The molecule has 6 rings (SSSR count). The summed E-state index contributed by atoms with van der Waals surface area (Å²) in [5.74, 6) is -5.38. The highest BCUT2D eigenvalue weighted by atomic mass is 19.3. The molecule has 0 saturated carbocycles. The number of aromatic hydroxyl groups is 2. The Bertz CT molecular complexity index is 2470. The molecule has 2 aromatic heterocycles. The lowest BCUT2D eigenvalue weighted by Gasteiger charge is -2.22. The van der Waals surface area contributed by atoms with Crippen LogP contribution in [-0.4, -0.2) is 99.7 Å². The van der Waals surface area contributed by atoms with Crippen LogP contribution in [0.3, 0.4) is 0 Å². The summed E-state index contributed by atoms with van der Waals surface area (Å²) >= 11 is 0. The molecule has 61 heavy (non-hydrogen) atoms. The first-order valence-electron chi connectivity index (χ1n) is 19.4. The molecule has 0 aliphatic carbocycles. The number of ketones is 1. The molecule has 4 atom stereocenters. The predicted octanol–water partition coefficient (Wildman–Crippen LogP) is 4.02. The number of hydrogen-bond acceptors (Lipinski definition) is 13. The second kappa shape index (κ2) is 18.0. The van der Waals surface area contributed by atoms with E-state index in [0.29, 0.717) is 33.9 Å². The normalized spacial score (nSPS) is 17.7. The molecular formula is C42H45F2N7O10. The van der Waals surface area contributed by atoms with Crippen molar-refractivity contribution in [3.8, 4) is 40.1 Å². The molecule has 19 heteroatoms.